The van der Waals surface area contributed by atoms with Crippen molar-refractivity contribution in [3.05, 3.63) is 46.8 Å². The zero-order valence-electron chi connectivity index (χ0n) is 9.74. The van der Waals surface area contributed by atoms with Crippen LogP contribution in [0.1, 0.15) is 6.92 Å². The van der Waals surface area contributed by atoms with Crippen molar-refractivity contribution in [1.82, 2.24) is 15.0 Å². The lowest BCUT2D eigenvalue weighted by Gasteiger charge is -2.04. The maximum absolute atomic E-state index is 11.9. The number of aromatic nitrogens is 3. The monoisotopic (exact) mass is 245 g/mol. The molecule has 0 amide bonds. The van der Waals surface area contributed by atoms with Gasteiger partial charge in [-0.2, -0.15) is 4.68 Å². The first-order valence-electron chi connectivity index (χ1n) is 5.34. The minimum absolute atomic E-state index is 0.250. The quantitative estimate of drug-likeness (QED) is 0.592. The van der Waals surface area contributed by atoms with Crippen LogP contribution in [0.2, 0.25) is 0 Å². The number of hydrogen-bond acceptors (Lipinski definition) is 5. The number of ether oxygens (including phenoxy) is 1. The molecule has 6 heteroatoms. The molecule has 2 aromatic rings. The summed E-state index contributed by atoms with van der Waals surface area (Å²) in [5, 5.41) is 8.00. The van der Waals surface area contributed by atoms with Crippen LogP contribution in [0, 0.1) is 0 Å². The normalized spacial score (nSPS) is 10.9. The standard InChI is InChI=1S/C12H11N3O3/c1-2-5-11(16)18-8-15-12(17)9-6-3-4-7-10(9)13-14-15/h2-7H,8H2,1H3/b5-2+. The maximum atomic E-state index is 11.9. The Bertz CT molecular complexity index is 661. The van der Waals surface area contributed by atoms with E-state index in [2.05, 4.69) is 10.3 Å². The van der Waals surface area contributed by atoms with Crippen LogP contribution >= 0.6 is 0 Å². The van der Waals surface area contributed by atoms with E-state index in [9.17, 15) is 9.59 Å². The van der Waals surface area contributed by atoms with Crippen LogP contribution in [-0.4, -0.2) is 21.0 Å². The van der Waals surface area contributed by atoms with Gasteiger partial charge in [0.2, 0.25) is 0 Å². The molecule has 0 aliphatic carbocycles. The Kier molecular flexibility index (Phi) is 3.47. The molecule has 0 radical (unpaired) electrons. The van der Waals surface area contributed by atoms with Gasteiger partial charge < -0.3 is 4.74 Å². The average molecular weight is 245 g/mol. The lowest BCUT2D eigenvalue weighted by molar-refractivity contribution is -0.142. The fourth-order valence-corrected chi connectivity index (χ4v) is 1.42. The molecule has 92 valence electrons. The van der Waals surface area contributed by atoms with E-state index in [0.29, 0.717) is 10.9 Å². The van der Waals surface area contributed by atoms with Crippen LogP contribution in [-0.2, 0) is 16.3 Å². The Morgan fingerprint density at radius 2 is 2.22 bits per heavy atom. The van der Waals surface area contributed by atoms with Gasteiger partial charge in [-0.1, -0.05) is 23.4 Å². The molecule has 0 bridgehead atoms. The molecule has 1 aromatic carbocycles. The van der Waals surface area contributed by atoms with Crippen molar-refractivity contribution in [2.24, 2.45) is 0 Å². The van der Waals surface area contributed by atoms with Gasteiger partial charge in [-0.25, -0.2) is 4.79 Å². The topological polar surface area (TPSA) is 74.1 Å². The zero-order valence-corrected chi connectivity index (χ0v) is 9.74. The minimum Gasteiger partial charge on any atom is -0.439 e. The zero-order chi connectivity index (χ0) is 13.0. The Morgan fingerprint density at radius 3 is 3.00 bits per heavy atom. The second-order valence-electron chi connectivity index (χ2n) is 3.50. The van der Waals surface area contributed by atoms with Gasteiger partial charge in [0.05, 0.1) is 5.39 Å². The van der Waals surface area contributed by atoms with Gasteiger partial charge in [-0.15, -0.1) is 5.10 Å². The van der Waals surface area contributed by atoms with Crippen molar-refractivity contribution >= 4 is 16.9 Å². The smallest absolute Gasteiger partial charge is 0.332 e. The van der Waals surface area contributed by atoms with Crippen molar-refractivity contribution in [2.45, 2.75) is 13.7 Å². The molecule has 2 rings (SSSR count). The summed E-state index contributed by atoms with van der Waals surface area (Å²) in [5.41, 5.74) is 0.174. The van der Waals surface area contributed by atoms with Gasteiger partial charge >= 0.3 is 5.97 Å². The van der Waals surface area contributed by atoms with Crippen LogP contribution in [0.25, 0.3) is 10.9 Å². The molecule has 6 nitrogen and oxygen atoms in total. The highest BCUT2D eigenvalue weighted by Crippen LogP contribution is 2.03. The SMILES string of the molecule is C/C=C/C(=O)OCn1nnc2ccccc2c1=O. The molecule has 0 saturated heterocycles. The van der Waals surface area contributed by atoms with E-state index in [0.717, 1.165) is 4.68 Å². The number of fused-ring (bicyclic) bond motifs is 1. The Hall–Kier alpha value is -2.50. The molecule has 0 aliphatic rings. The summed E-state index contributed by atoms with van der Waals surface area (Å²) in [6, 6.07) is 6.85. The van der Waals surface area contributed by atoms with E-state index in [-0.39, 0.29) is 12.3 Å². The fraction of sp³-hybridized carbons (Fsp3) is 0.167. The van der Waals surface area contributed by atoms with Gasteiger partial charge in [0, 0.05) is 6.08 Å². The molecule has 0 aliphatic heterocycles. The summed E-state index contributed by atoms with van der Waals surface area (Å²) in [6.45, 7) is 1.45. The number of benzene rings is 1. The molecular weight excluding hydrogens is 234 g/mol. The third kappa shape index (κ3) is 2.42. The van der Waals surface area contributed by atoms with Crippen LogP contribution in [0.4, 0.5) is 0 Å². The van der Waals surface area contributed by atoms with Gasteiger partial charge in [-0.05, 0) is 19.1 Å². The summed E-state index contributed by atoms with van der Waals surface area (Å²) in [5.74, 6) is -0.528. The number of carbonyl (C=O) groups is 1. The molecule has 0 N–H and O–H groups in total. The summed E-state index contributed by atoms with van der Waals surface area (Å²) in [7, 11) is 0. The molecule has 1 aromatic heterocycles. The summed E-state index contributed by atoms with van der Waals surface area (Å²) >= 11 is 0. The van der Waals surface area contributed by atoms with Crippen molar-refractivity contribution in [1.29, 1.82) is 0 Å². The maximum Gasteiger partial charge on any atom is 0.332 e. The van der Waals surface area contributed by atoms with Gasteiger partial charge in [0.1, 0.15) is 5.52 Å². The number of rotatable bonds is 3. The lowest BCUT2D eigenvalue weighted by Crippen LogP contribution is -2.26. The minimum atomic E-state index is -0.528. The van der Waals surface area contributed by atoms with E-state index >= 15 is 0 Å². The highest BCUT2D eigenvalue weighted by Gasteiger charge is 2.05. The third-order valence-electron chi connectivity index (χ3n) is 2.26. The van der Waals surface area contributed by atoms with E-state index in [1.54, 1.807) is 37.3 Å². The molecule has 18 heavy (non-hydrogen) atoms. The van der Waals surface area contributed by atoms with Gasteiger partial charge in [0.25, 0.3) is 5.56 Å². The molecule has 0 atom stereocenters. The van der Waals surface area contributed by atoms with Crippen LogP contribution in [0.3, 0.4) is 0 Å². The second-order valence-corrected chi connectivity index (χ2v) is 3.50. The molecule has 0 saturated carbocycles. The molecule has 0 fully saturated rings. The van der Waals surface area contributed by atoms with Crippen LogP contribution in [0.15, 0.2) is 41.2 Å². The van der Waals surface area contributed by atoms with E-state index in [1.165, 1.54) is 6.08 Å². The number of nitrogens with zero attached hydrogens (tertiary/aromatic N) is 3. The highest BCUT2D eigenvalue weighted by molar-refractivity contribution is 5.81. The predicted octanol–water partition coefficient (Wildman–Crippen LogP) is 0.868. The Morgan fingerprint density at radius 1 is 1.44 bits per heavy atom. The van der Waals surface area contributed by atoms with E-state index < -0.39 is 5.97 Å². The van der Waals surface area contributed by atoms with Crippen molar-refractivity contribution in [2.75, 3.05) is 0 Å². The van der Waals surface area contributed by atoms with Crippen molar-refractivity contribution in [3.63, 3.8) is 0 Å². The number of carbonyl (C=O) groups excluding carboxylic acids is 1. The fourth-order valence-electron chi connectivity index (χ4n) is 1.42. The number of allylic oxidation sites excluding steroid dienone is 1. The third-order valence-corrected chi connectivity index (χ3v) is 2.26. The van der Waals surface area contributed by atoms with Crippen LogP contribution in [0.5, 0.6) is 0 Å². The average Bonchev–Trinajstić information content (AvgIpc) is 2.39. The largest absolute Gasteiger partial charge is 0.439 e. The Labute approximate surface area is 102 Å². The predicted molar refractivity (Wildman–Crippen MR) is 64.7 cm³/mol. The molecule has 0 unspecified atom stereocenters. The molecule has 1 heterocycles. The Balaban J connectivity index is 2.27. The van der Waals surface area contributed by atoms with Crippen LogP contribution < -0.4 is 5.56 Å². The summed E-state index contributed by atoms with van der Waals surface area (Å²) in [6.07, 6.45) is 2.82. The summed E-state index contributed by atoms with van der Waals surface area (Å²) < 4.78 is 5.84. The van der Waals surface area contributed by atoms with E-state index in [4.69, 9.17) is 4.74 Å². The molecule has 0 spiro atoms. The van der Waals surface area contributed by atoms with Gasteiger partial charge in [0.15, 0.2) is 6.73 Å². The number of hydrogen-bond donors (Lipinski definition) is 0. The first kappa shape index (κ1) is 12.0. The van der Waals surface area contributed by atoms with Crippen molar-refractivity contribution in [3.8, 4) is 0 Å². The van der Waals surface area contributed by atoms with Crippen molar-refractivity contribution < 1.29 is 9.53 Å². The van der Waals surface area contributed by atoms with Gasteiger partial charge in [-0.3, -0.25) is 4.79 Å². The first-order valence-corrected chi connectivity index (χ1v) is 5.34. The van der Waals surface area contributed by atoms with E-state index in [1.807, 2.05) is 0 Å². The molecular formula is C12H11N3O3. The highest BCUT2D eigenvalue weighted by atomic mass is 16.5. The number of esters is 1. The summed E-state index contributed by atoms with van der Waals surface area (Å²) in [4.78, 5) is 23.1. The first-order chi connectivity index (χ1) is 8.72. The second kappa shape index (κ2) is 5.22. The lowest BCUT2D eigenvalue weighted by atomic mass is 10.2.